The van der Waals surface area contributed by atoms with E-state index in [9.17, 15) is 4.79 Å². The summed E-state index contributed by atoms with van der Waals surface area (Å²) in [6.07, 6.45) is 8.88. The van der Waals surface area contributed by atoms with Crippen LogP contribution < -0.4 is 0 Å². The van der Waals surface area contributed by atoms with Gasteiger partial charge < -0.3 is 4.90 Å². The summed E-state index contributed by atoms with van der Waals surface area (Å²) in [7, 11) is 0. The first kappa shape index (κ1) is 16.3. The second-order valence-corrected chi connectivity index (χ2v) is 6.80. The Morgan fingerprint density at radius 2 is 2.15 bits per heavy atom. The van der Waals surface area contributed by atoms with Gasteiger partial charge in [0.05, 0.1) is 6.20 Å². The molecule has 6 heteroatoms. The number of carbonyl (C=O) groups excluding carboxylic acids is 1. The third-order valence-electron chi connectivity index (χ3n) is 4.94. The summed E-state index contributed by atoms with van der Waals surface area (Å²) in [5, 5.41) is 8.95. The van der Waals surface area contributed by atoms with Gasteiger partial charge in [0, 0.05) is 43.2 Å². The maximum atomic E-state index is 12.7. The molecule has 0 radical (unpaired) electrons. The van der Waals surface area contributed by atoms with E-state index < -0.39 is 0 Å². The van der Waals surface area contributed by atoms with E-state index in [1.807, 2.05) is 48.0 Å². The lowest BCUT2D eigenvalue weighted by molar-refractivity contribution is 0.0957. The van der Waals surface area contributed by atoms with Gasteiger partial charge in [0.25, 0.3) is 0 Å². The molecule has 0 bridgehead atoms. The molecule has 4 heterocycles. The van der Waals surface area contributed by atoms with E-state index in [0.29, 0.717) is 18.7 Å². The molecule has 0 saturated carbocycles. The van der Waals surface area contributed by atoms with Crippen LogP contribution in [0.2, 0.25) is 0 Å². The number of rotatable bonds is 4. The third kappa shape index (κ3) is 3.04. The number of imidazole rings is 1. The van der Waals surface area contributed by atoms with Gasteiger partial charge >= 0.3 is 0 Å². The van der Waals surface area contributed by atoms with Gasteiger partial charge in [0.1, 0.15) is 11.3 Å². The fourth-order valence-electron chi connectivity index (χ4n) is 3.46. The fraction of sp³-hybridized carbons (Fsp3) is 0.300. The molecule has 0 N–H and O–H groups in total. The summed E-state index contributed by atoms with van der Waals surface area (Å²) >= 11 is 0. The number of Topliss-reactive ketones (excluding diaryl/α,β-unsaturated/α-hetero) is 1. The number of pyridine rings is 2. The minimum absolute atomic E-state index is 0.0760. The minimum atomic E-state index is 0.0760. The number of hydrogen-bond acceptors (Lipinski definition) is 5. The average Bonchev–Trinajstić information content (AvgIpc) is 3.28. The molecule has 0 spiro atoms. The Hall–Kier alpha value is -3.20. The van der Waals surface area contributed by atoms with Crippen molar-refractivity contribution in [2.24, 2.45) is 5.92 Å². The molecule has 3 aromatic heterocycles. The van der Waals surface area contributed by atoms with Crippen molar-refractivity contribution in [1.82, 2.24) is 19.3 Å². The standard InChI is InChI=1S/C20H19N5O/c1-14-2-3-17(10-22-14)16-5-7-25-18(11-23-20(25)9-16)19(26)8-15-4-6-24(12-15)13-21/h2-3,5,7,9-11,15H,4,6,8,12H2,1H3/t15-/m0/s1. The molecule has 6 nitrogen and oxygen atoms in total. The first-order chi connectivity index (χ1) is 12.6. The summed E-state index contributed by atoms with van der Waals surface area (Å²) in [6.45, 7) is 3.37. The summed E-state index contributed by atoms with van der Waals surface area (Å²) < 4.78 is 1.84. The van der Waals surface area contributed by atoms with Crippen LogP contribution in [-0.2, 0) is 0 Å². The minimum Gasteiger partial charge on any atom is -0.310 e. The lowest BCUT2D eigenvalue weighted by Crippen LogP contribution is -2.16. The molecule has 0 aromatic carbocycles. The second kappa shape index (κ2) is 6.60. The molecule has 130 valence electrons. The molecule has 26 heavy (non-hydrogen) atoms. The van der Waals surface area contributed by atoms with Crippen LogP contribution >= 0.6 is 0 Å². The summed E-state index contributed by atoms with van der Waals surface area (Å²) in [6, 6.07) is 7.96. The first-order valence-corrected chi connectivity index (χ1v) is 8.72. The Kier molecular flexibility index (Phi) is 4.13. The van der Waals surface area contributed by atoms with Gasteiger partial charge in [-0.05, 0) is 43.0 Å². The summed E-state index contributed by atoms with van der Waals surface area (Å²) in [4.78, 5) is 23.1. The molecule has 1 fully saturated rings. The zero-order valence-corrected chi connectivity index (χ0v) is 14.6. The zero-order valence-electron chi connectivity index (χ0n) is 14.6. The number of hydrogen-bond donors (Lipinski definition) is 0. The van der Waals surface area contributed by atoms with Crippen LogP contribution in [0.25, 0.3) is 16.8 Å². The highest BCUT2D eigenvalue weighted by Crippen LogP contribution is 2.24. The van der Waals surface area contributed by atoms with Gasteiger partial charge in [-0.3, -0.25) is 14.2 Å². The molecule has 1 aliphatic rings. The van der Waals surface area contributed by atoms with E-state index in [1.165, 1.54) is 0 Å². The van der Waals surface area contributed by atoms with Crippen molar-refractivity contribution in [3.8, 4) is 17.3 Å². The van der Waals surface area contributed by atoms with Crippen LogP contribution in [0.3, 0.4) is 0 Å². The highest BCUT2D eigenvalue weighted by molar-refractivity contribution is 5.95. The summed E-state index contributed by atoms with van der Waals surface area (Å²) in [5.41, 5.74) is 4.37. The van der Waals surface area contributed by atoms with Gasteiger partial charge in [0.15, 0.2) is 12.0 Å². The van der Waals surface area contributed by atoms with E-state index in [1.54, 1.807) is 11.1 Å². The predicted molar refractivity (Wildman–Crippen MR) is 97.4 cm³/mol. The Labute approximate surface area is 151 Å². The van der Waals surface area contributed by atoms with Crippen molar-refractivity contribution in [2.45, 2.75) is 19.8 Å². The molecule has 1 atom stereocenters. The smallest absolute Gasteiger partial charge is 0.181 e. The number of ketones is 1. The van der Waals surface area contributed by atoms with Crippen LogP contribution in [0.4, 0.5) is 0 Å². The number of fused-ring (bicyclic) bond motifs is 1. The zero-order chi connectivity index (χ0) is 18.1. The van der Waals surface area contributed by atoms with E-state index in [2.05, 4.69) is 16.2 Å². The van der Waals surface area contributed by atoms with Gasteiger partial charge in [-0.2, -0.15) is 5.26 Å². The van der Waals surface area contributed by atoms with Gasteiger partial charge in [-0.1, -0.05) is 6.07 Å². The number of nitriles is 1. The van der Waals surface area contributed by atoms with Gasteiger partial charge in [0.2, 0.25) is 0 Å². The van der Waals surface area contributed by atoms with Crippen molar-refractivity contribution >= 4 is 11.4 Å². The monoisotopic (exact) mass is 345 g/mol. The number of carbonyl (C=O) groups is 1. The van der Waals surface area contributed by atoms with Crippen molar-refractivity contribution in [3.05, 3.63) is 54.2 Å². The van der Waals surface area contributed by atoms with Crippen molar-refractivity contribution in [3.63, 3.8) is 0 Å². The Morgan fingerprint density at radius 1 is 1.27 bits per heavy atom. The van der Waals surface area contributed by atoms with Crippen LogP contribution in [0.1, 0.15) is 29.0 Å². The number of aryl methyl sites for hydroxylation is 1. The topological polar surface area (TPSA) is 74.3 Å². The molecular formula is C20H19N5O. The van der Waals surface area contributed by atoms with Crippen LogP contribution in [0.15, 0.2) is 42.9 Å². The van der Waals surface area contributed by atoms with Crippen LogP contribution in [0.5, 0.6) is 0 Å². The largest absolute Gasteiger partial charge is 0.310 e. The van der Waals surface area contributed by atoms with Crippen LogP contribution in [0, 0.1) is 24.3 Å². The van der Waals surface area contributed by atoms with E-state index >= 15 is 0 Å². The molecule has 0 aliphatic carbocycles. The molecule has 1 aliphatic heterocycles. The Morgan fingerprint density at radius 3 is 2.88 bits per heavy atom. The highest BCUT2D eigenvalue weighted by Gasteiger charge is 2.25. The predicted octanol–water partition coefficient (Wildman–Crippen LogP) is 3.08. The van der Waals surface area contributed by atoms with Crippen molar-refractivity contribution in [1.29, 1.82) is 5.26 Å². The SMILES string of the molecule is Cc1ccc(-c2ccn3c(C(=O)C[C@@H]4CCN(C#N)C4)cnc3c2)cn1. The van der Waals surface area contributed by atoms with Crippen LogP contribution in [-0.4, -0.2) is 38.1 Å². The first-order valence-electron chi connectivity index (χ1n) is 8.72. The molecule has 0 amide bonds. The summed E-state index contributed by atoms with van der Waals surface area (Å²) in [5.74, 6) is 0.317. The van der Waals surface area contributed by atoms with Gasteiger partial charge in [-0.25, -0.2) is 4.98 Å². The molecule has 0 unspecified atom stereocenters. The van der Waals surface area contributed by atoms with Gasteiger partial charge in [-0.15, -0.1) is 0 Å². The number of likely N-dealkylation sites (tertiary alicyclic amines) is 1. The fourth-order valence-corrected chi connectivity index (χ4v) is 3.46. The average molecular weight is 345 g/mol. The molecule has 4 rings (SSSR count). The van der Waals surface area contributed by atoms with E-state index in [0.717, 1.165) is 35.4 Å². The molecule has 1 saturated heterocycles. The van der Waals surface area contributed by atoms with Crippen molar-refractivity contribution < 1.29 is 4.79 Å². The van der Waals surface area contributed by atoms with E-state index in [-0.39, 0.29) is 11.7 Å². The maximum Gasteiger partial charge on any atom is 0.181 e. The quantitative estimate of drug-likeness (QED) is 0.536. The Balaban J connectivity index is 1.56. The normalized spacial score (nSPS) is 16.8. The number of nitrogens with zero attached hydrogens (tertiary/aromatic N) is 5. The third-order valence-corrected chi connectivity index (χ3v) is 4.94. The highest BCUT2D eigenvalue weighted by atomic mass is 16.1. The van der Waals surface area contributed by atoms with E-state index in [4.69, 9.17) is 5.26 Å². The maximum absolute atomic E-state index is 12.7. The lowest BCUT2D eigenvalue weighted by Gasteiger charge is -2.09. The molecular weight excluding hydrogens is 326 g/mol. The molecule has 3 aromatic rings. The lowest BCUT2D eigenvalue weighted by atomic mass is 10.0. The van der Waals surface area contributed by atoms with Crippen molar-refractivity contribution in [2.75, 3.05) is 13.1 Å². The Bertz CT molecular complexity index is 999. The number of aromatic nitrogens is 3. The second-order valence-electron chi connectivity index (χ2n) is 6.80.